The molecular weight excluding hydrogens is 278 g/mol. The fourth-order valence-electron chi connectivity index (χ4n) is 1.56. The highest BCUT2D eigenvalue weighted by atomic mass is 16.5. The number of carbonyl (C=O) groups excluding carboxylic acids is 2. The van der Waals surface area contributed by atoms with E-state index in [0.717, 1.165) is 0 Å². The summed E-state index contributed by atoms with van der Waals surface area (Å²) in [6.07, 6.45) is 2.91. The van der Waals surface area contributed by atoms with Crippen LogP contribution in [0.5, 0.6) is 0 Å². The monoisotopic (exact) mass is 293 g/mol. The lowest BCUT2D eigenvalue weighted by Crippen LogP contribution is -2.29. The molecule has 0 aliphatic heterocycles. The number of aromatic amines is 1. The molecule has 0 bridgehead atoms. The summed E-state index contributed by atoms with van der Waals surface area (Å²) in [7, 11) is 0. The Labute approximate surface area is 119 Å². The molecule has 0 radical (unpaired) electrons. The molecule has 21 heavy (non-hydrogen) atoms. The summed E-state index contributed by atoms with van der Waals surface area (Å²) in [5, 5.41) is 16.8. The Hall–Kier alpha value is -2.75. The van der Waals surface area contributed by atoms with E-state index in [1.54, 1.807) is 13.1 Å². The number of nitrogens with zero attached hydrogens (tertiary/aromatic N) is 4. The topological polar surface area (TPSA) is 141 Å². The maximum Gasteiger partial charge on any atom is 0.343 e. The Balaban J connectivity index is 2.13. The number of rotatable bonds is 6. The normalized spacial score (nSPS) is 10.4. The van der Waals surface area contributed by atoms with Crippen LogP contribution in [0.15, 0.2) is 12.4 Å². The average Bonchev–Trinajstić information content (AvgIpc) is 3.13. The van der Waals surface area contributed by atoms with Crippen LogP contribution in [0.25, 0.3) is 5.82 Å². The molecule has 112 valence electrons. The predicted octanol–water partition coefficient (Wildman–Crippen LogP) is -1.26. The van der Waals surface area contributed by atoms with Crippen molar-refractivity contribution in [2.45, 2.75) is 13.5 Å². The van der Waals surface area contributed by atoms with E-state index in [2.05, 4.69) is 25.8 Å². The largest absolute Gasteiger partial charge is 0.462 e. The Morgan fingerprint density at radius 3 is 3.05 bits per heavy atom. The summed E-state index contributed by atoms with van der Waals surface area (Å²) in [5.74, 6) is -0.453. The van der Waals surface area contributed by atoms with Gasteiger partial charge in [0, 0.05) is 0 Å². The van der Waals surface area contributed by atoms with Gasteiger partial charge in [-0.05, 0) is 6.92 Å². The molecule has 2 heterocycles. The number of H-pyrrole nitrogens is 1. The van der Waals surface area contributed by atoms with Crippen molar-refractivity contribution in [3.05, 3.63) is 23.7 Å². The quantitative estimate of drug-likeness (QED) is 0.564. The van der Waals surface area contributed by atoms with Crippen LogP contribution >= 0.6 is 0 Å². The number of nitrogens with one attached hydrogen (secondary N) is 2. The lowest BCUT2D eigenvalue weighted by molar-refractivity contribution is -0.119. The summed E-state index contributed by atoms with van der Waals surface area (Å²) >= 11 is 0. The van der Waals surface area contributed by atoms with Gasteiger partial charge < -0.3 is 15.8 Å². The fourth-order valence-corrected chi connectivity index (χ4v) is 1.56. The van der Waals surface area contributed by atoms with Crippen molar-refractivity contribution in [2.24, 2.45) is 5.73 Å². The number of amides is 1. The first-order valence-corrected chi connectivity index (χ1v) is 6.24. The molecule has 0 aromatic carbocycles. The van der Waals surface area contributed by atoms with Crippen LogP contribution in [0.2, 0.25) is 0 Å². The lowest BCUT2D eigenvalue weighted by Gasteiger charge is -2.01. The molecule has 0 atom stereocenters. The molecule has 2 aromatic heterocycles. The number of hydrogen-bond donors (Lipinski definition) is 3. The smallest absolute Gasteiger partial charge is 0.343 e. The Morgan fingerprint density at radius 2 is 2.33 bits per heavy atom. The Kier molecular flexibility index (Phi) is 4.61. The van der Waals surface area contributed by atoms with Crippen molar-refractivity contribution in [3.63, 3.8) is 0 Å². The lowest BCUT2D eigenvalue weighted by atomic mass is 10.3. The number of ether oxygens (including phenoxy) is 1. The molecule has 0 unspecified atom stereocenters. The van der Waals surface area contributed by atoms with Crippen molar-refractivity contribution >= 4 is 11.9 Å². The van der Waals surface area contributed by atoms with Crippen LogP contribution in [-0.2, 0) is 16.1 Å². The first-order valence-electron chi connectivity index (χ1n) is 6.24. The number of nitrogens with two attached hydrogens (primary N) is 1. The second-order valence-electron chi connectivity index (χ2n) is 3.99. The molecule has 10 heteroatoms. The first kappa shape index (κ1) is 14.7. The third-order valence-electron chi connectivity index (χ3n) is 2.54. The molecule has 0 saturated carbocycles. The van der Waals surface area contributed by atoms with Gasteiger partial charge in [-0.3, -0.25) is 9.89 Å². The molecule has 0 saturated heterocycles. The number of aromatic nitrogens is 5. The molecular formula is C11H15N7O3. The molecule has 10 nitrogen and oxygen atoms in total. The summed E-state index contributed by atoms with van der Waals surface area (Å²) < 4.78 is 6.27. The third-order valence-corrected chi connectivity index (χ3v) is 2.54. The highest BCUT2D eigenvalue weighted by Crippen LogP contribution is 2.11. The fraction of sp³-hybridized carbons (Fsp3) is 0.364. The molecule has 0 aliphatic rings. The van der Waals surface area contributed by atoms with Gasteiger partial charge in [-0.25, -0.2) is 9.48 Å². The van der Waals surface area contributed by atoms with Crippen molar-refractivity contribution in [1.82, 2.24) is 30.5 Å². The van der Waals surface area contributed by atoms with Crippen LogP contribution in [-0.4, -0.2) is 50.2 Å². The molecule has 0 aliphatic carbocycles. The average molecular weight is 293 g/mol. The van der Waals surface area contributed by atoms with Crippen LogP contribution in [0.4, 0.5) is 0 Å². The number of carbonyl (C=O) groups is 2. The summed E-state index contributed by atoms with van der Waals surface area (Å²) in [6, 6.07) is 0. The van der Waals surface area contributed by atoms with E-state index in [-0.39, 0.29) is 31.2 Å². The maximum absolute atomic E-state index is 11.7. The Bertz CT molecular complexity index is 633. The van der Waals surface area contributed by atoms with Crippen molar-refractivity contribution in [2.75, 3.05) is 13.2 Å². The third kappa shape index (κ3) is 3.42. The van der Waals surface area contributed by atoms with Gasteiger partial charge in [0.1, 0.15) is 11.3 Å². The van der Waals surface area contributed by atoms with Gasteiger partial charge in [0.15, 0.2) is 5.82 Å². The van der Waals surface area contributed by atoms with Crippen LogP contribution in [0.1, 0.15) is 23.0 Å². The van der Waals surface area contributed by atoms with E-state index in [4.69, 9.17) is 10.5 Å². The Morgan fingerprint density at radius 1 is 1.52 bits per heavy atom. The van der Waals surface area contributed by atoms with E-state index in [1.165, 1.54) is 10.9 Å². The molecule has 0 spiro atoms. The zero-order chi connectivity index (χ0) is 15.2. The number of hydrogen-bond acceptors (Lipinski definition) is 7. The molecule has 2 aromatic rings. The van der Waals surface area contributed by atoms with Crippen LogP contribution < -0.4 is 11.1 Å². The van der Waals surface area contributed by atoms with Gasteiger partial charge in [0.25, 0.3) is 0 Å². The highest BCUT2D eigenvalue weighted by molar-refractivity contribution is 5.92. The van der Waals surface area contributed by atoms with Gasteiger partial charge in [0.05, 0.1) is 32.1 Å². The zero-order valence-electron chi connectivity index (χ0n) is 11.4. The predicted molar refractivity (Wildman–Crippen MR) is 70.4 cm³/mol. The summed E-state index contributed by atoms with van der Waals surface area (Å²) in [6.45, 7) is 2.07. The standard InChI is InChI=1S/C11H15N7O3/c1-2-21-11(20)8-5-14-16-10(8)18-6-7(15-17-18)4-13-9(19)3-12/h5-6H,2-4,12H2,1H3,(H,13,19)(H,14,16). The van der Waals surface area contributed by atoms with Crippen molar-refractivity contribution < 1.29 is 14.3 Å². The van der Waals surface area contributed by atoms with Gasteiger partial charge in [-0.1, -0.05) is 5.21 Å². The van der Waals surface area contributed by atoms with E-state index < -0.39 is 5.97 Å². The maximum atomic E-state index is 11.7. The molecule has 2 rings (SSSR count). The van der Waals surface area contributed by atoms with Crippen LogP contribution in [0, 0.1) is 0 Å². The van der Waals surface area contributed by atoms with Crippen molar-refractivity contribution in [3.8, 4) is 5.82 Å². The van der Waals surface area contributed by atoms with Crippen LogP contribution in [0.3, 0.4) is 0 Å². The van der Waals surface area contributed by atoms with Gasteiger partial charge in [0.2, 0.25) is 5.91 Å². The number of esters is 1. The summed E-state index contributed by atoms with van der Waals surface area (Å²) in [5.41, 5.74) is 5.95. The highest BCUT2D eigenvalue weighted by Gasteiger charge is 2.17. The second-order valence-corrected chi connectivity index (χ2v) is 3.99. The van der Waals surface area contributed by atoms with E-state index in [1.807, 2.05) is 0 Å². The second kappa shape index (κ2) is 6.61. The minimum Gasteiger partial charge on any atom is -0.462 e. The first-order chi connectivity index (χ1) is 10.2. The molecule has 1 amide bonds. The zero-order valence-corrected chi connectivity index (χ0v) is 11.4. The molecule has 4 N–H and O–H groups in total. The van der Waals surface area contributed by atoms with E-state index >= 15 is 0 Å². The van der Waals surface area contributed by atoms with Crippen molar-refractivity contribution in [1.29, 1.82) is 0 Å². The SMILES string of the molecule is CCOC(=O)c1cn[nH]c1-n1cc(CNC(=O)CN)nn1. The van der Waals surface area contributed by atoms with Gasteiger partial charge in [-0.2, -0.15) is 5.10 Å². The molecule has 0 fully saturated rings. The summed E-state index contributed by atoms with van der Waals surface area (Å²) in [4.78, 5) is 22.8. The van der Waals surface area contributed by atoms with Gasteiger partial charge >= 0.3 is 5.97 Å². The van der Waals surface area contributed by atoms with E-state index in [9.17, 15) is 9.59 Å². The van der Waals surface area contributed by atoms with E-state index in [0.29, 0.717) is 11.5 Å². The minimum atomic E-state index is -0.505. The van der Waals surface area contributed by atoms with Gasteiger partial charge in [-0.15, -0.1) is 5.10 Å². The minimum absolute atomic E-state index is 0.0955.